The van der Waals surface area contributed by atoms with Gasteiger partial charge in [0.15, 0.2) is 0 Å². The molecule has 2 rings (SSSR count). The normalized spacial score (nSPS) is 13.6. The Balaban J connectivity index is 2.07. The molecule has 2 aromatic carbocycles. The molecular formula is C24H31NO4. The number of rotatable bonds is 8. The average Bonchev–Trinajstić information content (AvgIpc) is 2.66. The quantitative estimate of drug-likeness (QED) is 0.652. The van der Waals surface area contributed by atoms with Gasteiger partial charge in [-0.25, -0.2) is 0 Å². The van der Waals surface area contributed by atoms with Gasteiger partial charge < -0.3 is 9.84 Å². The van der Waals surface area contributed by atoms with Crippen molar-refractivity contribution in [2.24, 2.45) is 0 Å². The zero-order chi connectivity index (χ0) is 21.6. The van der Waals surface area contributed by atoms with Crippen molar-refractivity contribution in [1.82, 2.24) is 5.32 Å². The van der Waals surface area contributed by atoms with Gasteiger partial charge >= 0.3 is 11.9 Å². The van der Waals surface area contributed by atoms with Crippen LogP contribution in [-0.2, 0) is 27.2 Å². The minimum atomic E-state index is -1.000. The summed E-state index contributed by atoms with van der Waals surface area (Å²) in [5.74, 6) is -1.46. The topological polar surface area (TPSA) is 75.6 Å². The van der Waals surface area contributed by atoms with Crippen molar-refractivity contribution in [1.29, 1.82) is 0 Å². The van der Waals surface area contributed by atoms with Gasteiger partial charge in [0.05, 0.1) is 0 Å². The molecule has 0 saturated heterocycles. The molecule has 29 heavy (non-hydrogen) atoms. The number of aryl methyl sites for hydroxylation is 1. The second kappa shape index (κ2) is 9.70. The first kappa shape index (κ1) is 22.6. The number of carboxylic acids is 1. The van der Waals surface area contributed by atoms with Crippen LogP contribution in [0, 0.1) is 0 Å². The summed E-state index contributed by atoms with van der Waals surface area (Å²) in [6.07, 6.45) is 1.26. The minimum Gasteiger partial charge on any atom is -0.480 e. The molecular weight excluding hydrogens is 366 g/mol. The monoisotopic (exact) mass is 397 g/mol. The Bertz CT molecular complexity index is 837. The van der Waals surface area contributed by atoms with Gasteiger partial charge in [-0.3, -0.25) is 14.9 Å². The first-order chi connectivity index (χ1) is 13.6. The van der Waals surface area contributed by atoms with E-state index in [1.165, 1.54) is 5.56 Å². The number of carboxylic acid groups (broad SMARTS) is 1. The van der Waals surface area contributed by atoms with Gasteiger partial charge in [-0.1, -0.05) is 55.5 Å². The van der Waals surface area contributed by atoms with Crippen molar-refractivity contribution >= 4 is 11.9 Å². The Morgan fingerprint density at radius 3 is 2.24 bits per heavy atom. The molecule has 0 radical (unpaired) electrons. The van der Waals surface area contributed by atoms with Gasteiger partial charge in [0.2, 0.25) is 0 Å². The van der Waals surface area contributed by atoms with E-state index in [1.807, 2.05) is 30.3 Å². The molecule has 0 heterocycles. The summed E-state index contributed by atoms with van der Waals surface area (Å²) >= 11 is 0. The van der Waals surface area contributed by atoms with Gasteiger partial charge in [-0.2, -0.15) is 0 Å². The predicted molar refractivity (Wildman–Crippen MR) is 115 cm³/mol. The summed E-state index contributed by atoms with van der Waals surface area (Å²) in [5.41, 5.74) is 3.78. The smallest absolute Gasteiger partial charge is 0.323 e. The van der Waals surface area contributed by atoms with Crippen LogP contribution in [0.2, 0.25) is 0 Å². The van der Waals surface area contributed by atoms with Crippen LogP contribution in [0.1, 0.15) is 45.7 Å². The Hall–Kier alpha value is -2.66. The Kier molecular flexibility index (Phi) is 7.57. The van der Waals surface area contributed by atoms with Crippen LogP contribution >= 0.6 is 0 Å². The van der Waals surface area contributed by atoms with E-state index >= 15 is 0 Å². The van der Waals surface area contributed by atoms with E-state index < -0.39 is 29.6 Å². The number of hydrogen-bond donors (Lipinski definition) is 2. The molecule has 0 aromatic heterocycles. The Morgan fingerprint density at radius 2 is 1.69 bits per heavy atom. The molecule has 2 N–H and O–H groups in total. The molecule has 0 aliphatic heterocycles. The number of hydrogen-bond acceptors (Lipinski definition) is 4. The van der Waals surface area contributed by atoms with E-state index in [9.17, 15) is 14.7 Å². The fraction of sp³-hybridized carbons (Fsp3) is 0.417. The molecule has 5 heteroatoms. The number of carbonyl (C=O) groups is 2. The maximum atomic E-state index is 12.1. The lowest BCUT2D eigenvalue weighted by Gasteiger charge is -2.24. The van der Waals surface area contributed by atoms with Crippen LogP contribution in [0.4, 0.5) is 0 Å². The minimum absolute atomic E-state index is 0.276. The lowest BCUT2D eigenvalue weighted by molar-refractivity contribution is -0.157. The molecule has 0 aliphatic rings. The zero-order valence-electron chi connectivity index (χ0n) is 17.9. The van der Waals surface area contributed by atoms with Gasteiger partial charge in [-0.05, 0) is 62.8 Å². The van der Waals surface area contributed by atoms with Crippen molar-refractivity contribution < 1.29 is 19.4 Å². The highest BCUT2D eigenvalue weighted by atomic mass is 16.6. The van der Waals surface area contributed by atoms with Crippen LogP contribution in [0.5, 0.6) is 0 Å². The third-order valence-electron chi connectivity index (χ3n) is 4.57. The fourth-order valence-corrected chi connectivity index (χ4v) is 3.02. The van der Waals surface area contributed by atoms with E-state index in [2.05, 4.69) is 30.4 Å². The number of esters is 1. The van der Waals surface area contributed by atoms with E-state index in [-0.39, 0.29) is 6.42 Å². The summed E-state index contributed by atoms with van der Waals surface area (Å²) in [6.45, 7) is 9.09. The number of carbonyl (C=O) groups excluding carboxylic acids is 1. The van der Waals surface area contributed by atoms with E-state index in [0.29, 0.717) is 0 Å². The maximum absolute atomic E-state index is 12.1. The SMILES string of the molecule is CCc1cccc(-c2ccc(CC(NC(C)C(=O)OC(C)(C)C)C(=O)O)cc2)c1. The van der Waals surface area contributed by atoms with Crippen LogP contribution in [0.15, 0.2) is 48.5 Å². The molecule has 5 nitrogen and oxygen atoms in total. The summed E-state index contributed by atoms with van der Waals surface area (Å²) in [7, 11) is 0. The highest BCUT2D eigenvalue weighted by molar-refractivity contribution is 5.79. The van der Waals surface area contributed by atoms with Crippen molar-refractivity contribution in [2.45, 2.75) is 65.1 Å². The molecule has 2 unspecified atom stereocenters. The standard InChI is InChI=1S/C24H31NO4/c1-6-17-8-7-9-20(14-17)19-12-10-18(11-13-19)15-21(22(26)27)25-16(2)23(28)29-24(3,4)5/h7-14,16,21,25H,6,15H2,1-5H3,(H,26,27). The third kappa shape index (κ3) is 7.02. The van der Waals surface area contributed by atoms with E-state index in [1.54, 1.807) is 27.7 Å². The van der Waals surface area contributed by atoms with E-state index in [0.717, 1.165) is 23.1 Å². The molecule has 2 aromatic rings. The fourth-order valence-electron chi connectivity index (χ4n) is 3.02. The molecule has 0 fully saturated rings. The van der Waals surface area contributed by atoms with Gasteiger partial charge in [-0.15, -0.1) is 0 Å². The first-order valence-corrected chi connectivity index (χ1v) is 9.99. The first-order valence-electron chi connectivity index (χ1n) is 9.99. The number of benzene rings is 2. The Morgan fingerprint density at radius 1 is 1.03 bits per heavy atom. The summed E-state index contributed by atoms with van der Waals surface area (Å²) in [4.78, 5) is 23.8. The molecule has 0 spiro atoms. The lowest BCUT2D eigenvalue weighted by Crippen LogP contribution is -2.48. The van der Waals surface area contributed by atoms with Crippen molar-refractivity contribution in [3.8, 4) is 11.1 Å². The lowest BCUT2D eigenvalue weighted by atomic mass is 9.98. The Labute approximate surface area is 173 Å². The third-order valence-corrected chi connectivity index (χ3v) is 4.57. The maximum Gasteiger partial charge on any atom is 0.323 e. The molecule has 0 saturated carbocycles. The average molecular weight is 398 g/mol. The van der Waals surface area contributed by atoms with Crippen LogP contribution in [0.25, 0.3) is 11.1 Å². The second-order valence-corrected chi connectivity index (χ2v) is 8.27. The van der Waals surface area contributed by atoms with Crippen LogP contribution in [-0.4, -0.2) is 34.7 Å². The van der Waals surface area contributed by atoms with Gasteiger partial charge in [0.25, 0.3) is 0 Å². The number of nitrogens with one attached hydrogen (secondary N) is 1. The van der Waals surface area contributed by atoms with Gasteiger partial charge in [0.1, 0.15) is 17.7 Å². The highest BCUT2D eigenvalue weighted by Crippen LogP contribution is 2.22. The molecule has 156 valence electrons. The van der Waals surface area contributed by atoms with Crippen molar-refractivity contribution in [3.05, 3.63) is 59.7 Å². The van der Waals surface area contributed by atoms with Crippen LogP contribution < -0.4 is 5.32 Å². The molecule has 0 bridgehead atoms. The number of ether oxygens (including phenoxy) is 1. The molecule has 0 aliphatic carbocycles. The zero-order valence-corrected chi connectivity index (χ0v) is 17.9. The van der Waals surface area contributed by atoms with Gasteiger partial charge in [0, 0.05) is 0 Å². The van der Waals surface area contributed by atoms with Crippen molar-refractivity contribution in [2.75, 3.05) is 0 Å². The largest absolute Gasteiger partial charge is 0.480 e. The molecule has 0 amide bonds. The van der Waals surface area contributed by atoms with Crippen LogP contribution in [0.3, 0.4) is 0 Å². The predicted octanol–water partition coefficient (Wildman–Crippen LogP) is 4.23. The summed E-state index contributed by atoms with van der Waals surface area (Å²) < 4.78 is 5.32. The van der Waals surface area contributed by atoms with Crippen molar-refractivity contribution in [3.63, 3.8) is 0 Å². The molecule has 2 atom stereocenters. The number of aliphatic carboxylic acids is 1. The summed E-state index contributed by atoms with van der Waals surface area (Å²) in [6, 6.07) is 14.7. The highest BCUT2D eigenvalue weighted by Gasteiger charge is 2.27. The second-order valence-electron chi connectivity index (χ2n) is 8.27. The summed E-state index contributed by atoms with van der Waals surface area (Å²) in [5, 5.41) is 12.4. The van der Waals surface area contributed by atoms with E-state index in [4.69, 9.17) is 4.74 Å².